The fraction of sp³-hybridized carbons (Fsp3) is 0.235. The third kappa shape index (κ3) is 4.92. The van der Waals surface area contributed by atoms with Crippen LogP contribution in [0.4, 0.5) is 23.2 Å². The summed E-state index contributed by atoms with van der Waals surface area (Å²) in [6, 6.07) is 8.10. The molecule has 0 saturated heterocycles. The summed E-state index contributed by atoms with van der Waals surface area (Å²) < 4.78 is 51.4. The van der Waals surface area contributed by atoms with Crippen molar-refractivity contribution in [2.75, 3.05) is 5.32 Å². The van der Waals surface area contributed by atoms with Crippen LogP contribution in [0.25, 0.3) is 0 Å². The number of halogens is 4. The molecule has 0 aromatic heterocycles. The van der Waals surface area contributed by atoms with Gasteiger partial charge >= 0.3 is 6.18 Å². The summed E-state index contributed by atoms with van der Waals surface area (Å²) in [4.78, 5) is 0. The normalized spacial score (nSPS) is 11.2. The molecule has 0 bridgehead atoms. The van der Waals surface area contributed by atoms with Crippen LogP contribution in [0.15, 0.2) is 36.4 Å². The molecule has 0 heterocycles. The summed E-state index contributed by atoms with van der Waals surface area (Å²) in [5, 5.41) is 5.96. The zero-order valence-corrected chi connectivity index (χ0v) is 13.9. The number of alkyl halides is 3. The lowest BCUT2D eigenvalue weighted by atomic mass is 10.1. The predicted octanol–water partition coefficient (Wildman–Crippen LogP) is 4.95. The summed E-state index contributed by atoms with van der Waals surface area (Å²) in [5.74, 6) is -0.935. The van der Waals surface area contributed by atoms with Crippen molar-refractivity contribution in [3.05, 3.63) is 64.5 Å². The van der Waals surface area contributed by atoms with Crippen molar-refractivity contribution in [1.29, 1.82) is 0 Å². The minimum atomic E-state index is -4.59. The van der Waals surface area contributed by atoms with Gasteiger partial charge in [-0.3, -0.25) is 0 Å². The van der Waals surface area contributed by atoms with Gasteiger partial charge in [0.15, 0.2) is 5.11 Å². The summed E-state index contributed by atoms with van der Waals surface area (Å²) >= 11 is 5.11. The number of hydrogen-bond acceptors (Lipinski definition) is 1. The topological polar surface area (TPSA) is 24.1 Å². The van der Waals surface area contributed by atoms with Gasteiger partial charge in [0.1, 0.15) is 5.82 Å². The van der Waals surface area contributed by atoms with Gasteiger partial charge in [0.25, 0.3) is 0 Å². The molecule has 0 fully saturated rings. The van der Waals surface area contributed by atoms with Crippen LogP contribution in [-0.2, 0) is 12.7 Å². The maximum atomic E-state index is 13.3. The van der Waals surface area contributed by atoms with E-state index in [1.165, 1.54) is 0 Å². The molecule has 0 unspecified atom stereocenters. The second kappa shape index (κ2) is 7.17. The summed E-state index contributed by atoms with van der Waals surface area (Å²) in [5.41, 5.74) is 2.13. The van der Waals surface area contributed by atoms with Gasteiger partial charge in [-0.25, -0.2) is 4.39 Å². The zero-order valence-electron chi connectivity index (χ0n) is 13.1. The lowest BCUT2D eigenvalue weighted by Gasteiger charge is -2.13. The summed E-state index contributed by atoms with van der Waals surface area (Å²) in [7, 11) is 0. The zero-order chi connectivity index (χ0) is 17.9. The van der Waals surface area contributed by atoms with Crippen LogP contribution >= 0.6 is 12.2 Å². The fourth-order valence-corrected chi connectivity index (χ4v) is 2.28. The molecule has 0 atom stereocenters. The van der Waals surface area contributed by atoms with Crippen molar-refractivity contribution < 1.29 is 17.6 Å². The third-order valence-corrected chi connectivity index (χ3v) is 3.75. The summed E-state index contributed by atoms with van der Waals surface area (Å²) in [6.07, 6.45) is -4.59. The Morgan fingerprint density at radius 2 is 1.75 bits per heavy atom. The van der Waals surface area contributed by atoms with E-state index >= 15 is 0 Å². The smallest absolute Gasteiger partial charge is 0.358 e. The van der Waals surface area contributed by atoms with E-state index in [-0.39, 0.29) is 17.2 Å². The molecular formula is C17H16F4N2S. The van der Waals surface area contributed by atoms with Gasteiger partial charge in [-0.1, -0.05) is 6.07 Å². The number of hydrogen-bond donors (Lipinski definition) is 2. The lowest BCUT2D eigenvalue weighted by Crippen LogP contribution is -2.28. The highest BCUT2D eigenvalue weighted by molar-refractivity contribution is 7.80. The Morgan fingerprint density at radius 3 is 2.38 bits per heavy atom. The maximum Gasteiger partial charge on any atom is 0.416 e. The average molecular weight is 356 g/mol. The molecular weight excluding hydrogens is 340 g/mol. The molecule has 0 spiro atoms. The largest absolute Gasteiger partial charge is 0.416 e. The van der Waals surface area contributed by atoms with Crippen LogP contribution < -0.4 is 10.6 Å². The van der Waals surface area contributed by atoms with E-state index < -0.39 is 17.6 Å². The van der Waals surface area contributed by atoms with Crippen molar-refractivity contribution in [2.45, 2.75) is 26.6 Å². The molecule has 0 saturated carbocycles. The molecule has 2 aromatic rings. The Hall–Kier alpha value is -2.15. The van der Waals surface area contributed by atoms with E-state index in [0.717, 1.165) is 28.9 Å². The molecule has 0 aliphatic heterocycles. The predicted molar refractivity (Wildman–Crippen MR) is 90.4 cm³/mol. The highest BCUT2D eigenvalue weighted by atomic mass is 32.1. The highest BCUT2D eigenvalue weighted by Crippen LogP contribution is 2.30. The van der Waals surface area contributed by atoms with Gasteiger partial charge in [0.2, 0.25) is 0 Å². The van der Waals surface area contributed by atoms with E-state index in [2.05, 4.69) is 10.6 Å². The van der Waals surface area contributed by atoms with Crippen molar-refractivity contribution >= 4 is 23.0 Å². The van der Waals surface area contributed by atoms with E-state index in [0.29, 0.717) is 6.07 Å². The molecule has 2 nitrogen and oxygen atoms in total. The number of thiocarbonyl (C=S) groups is 1. The van der Waals surface area contributed by atoms with Crippen LogP contribution in [-0.4, -0.2) is 5.11 Å². The Bertz CT molecular complexity index is 757. The van der Waals surface area contributed by atoms with Gasteiger partial charge in [-0.2, -0.15) is 13.2 Å². The number of anilines is 1. The molecule has 2 aromatic carbocycles. The first-order chi connectivity index (χ1) is 11.1. The number of rotatable bonds is 3. The average Bonchev–Trinajstić information content (AvgIpc) is 2.47. The molecule has 24 heavy (non-hydrogen) atoms. The van der Waals surface area contributed by atoms with Gasteiger partial charge in [-0.05, 0) is 73.1 Å². The standard InChI is InChI=1S/C17H16F4N2S/c1-10-3-4-15(5-11(10)2)23-16(24)22-9-12-6-13(17(19,20)21)8-14(18)7-12/h3-8H,9H2,1-2H3,(H2,22,23,24). The Kier molecular flexibility index (Phi) is 5.43. The third-order valence-electron chi connectivity index (χ3n) is 3.50. The molecule has 0 amide bonds. The molecule has 0 aliphatic carbocycles. The van der Waals surface area contributed by atoms with Gasteiger partial charge in [0, 0.05) is 12.2 Å². The number of nitrogens with one attached hydrogen (secondary N) is 2. The minimum Gasteiger partial charge on any atom is -0.358 e. The van der Waals surface area contributed by atoms with Gasteiger partial charge < -0.3 is 10.6 Å². The Balaban J connectivity index is 2.01. The lowest BCUT2D eigenvalue weighted by molar-refractivity contribution is -0.137. The molecule has 2 rings (SSSR count). The maximum absolute atomic E-state index is 13.3. The molecule has 0 radical (unpaired) electrons. The van der Waals surface area contributed by atoms with Crippen LogP contribution in [0.1, 0.15) is 22.3 Å². The fourth-order valence-electron chi connectivity index (χ4n) is 2.09. The molecule has 2 N–H and O–H groups in total. The van der Waals surface area contributed by atoms with E-state index in [4.69, 9.17) is 12.2 Å². The second-order valence-electron chi connectivity index (χ2n) is 5.45. The van der Waals surface area contributed by atoms with Gasteiger partial charge in [0.05, 0.1) is 5.56 Å². The van der Waals surface area contributed by atoms with Crippen molar-refractivity contribution in [3.8, 4) is 0 Å². The SMILES string of the molecule is Cc1ccc(NC(=S)NCc2cc(F)cc(C(F)(F)F)c2)cc1C. The van der Waals surface area contributed by atoms with Crippen LogP contribution in [0, 0.1) is 19.7 Å². The minimum absolute atomic E-state index is 0.0164. The van der Waals surface area contributed by atoms with E-state index in [1.807, 2.05) is 32.0 Å². The highest BCUT2D eigenvalue weighted by Gasteiger charge is 2.31. The van der Waals surface area contributed by atoms with Gasteiger partial charge in [-0.15, -0.1) is 0 Å². The van der Waals surface area contributed by atoms with Crippen LogP contribution in [0.5, 0.6) is 0 Å². The monoisotopic (exact) mass is 356 g/mol. The number of benzene rings is 2. The second-order valence-corrected chi connectivity index (χ2v) is 5.86. The number of aryl methyl sites for hydroxylation is 2. The van der Waals surface area contributed by atoms with Crippen molar-refractivity contribution in [1.82, 2.24) is 5.32 Å². The van der Waals surface area contributed by atoms with Crippen molar-refractivity contribution in [2.24, 2.45) is 0 Å². The van der Waals surface area contributed by atoms with E-state index in [1.54, 1.807) is 0 Å². The van der Waals surface area contributed by atoms with Crippen LogP contribution in [0.3, 0.4) is 0 Å². The Labute approximate surface area is 142 Å². The van der Waals surface area contributed by atoms with Crippen LogP contribution in [0.2, 0.25) is 0 Å². The molecule has 0 aliphatic rings. The Morgan fingerprint density at radius 1 is 1.04 bits per heavy atom. The molecule has 7 heteroatoms. The summed E-state index contributed by atoms with van der Waals surface area (Å²) in [6.45, 7) is 3.93. The first kappa shape index (κ1) is 18.2. The molecule has 128 valence electrons. The van der Waals surface area contributed by atoms with E-state index in [9.17, 15) is 17.6 Å². The first-order valence-electron chi connectivity index (χ1n) is 7.14. The quantitative estimate of drug-likeness (QED) is 0.601. The van der Waals surface area contributed by atoms with Crippen molar-refractivity contribution in [3.63, 3.8) is 0 Å². The first-order valence-corrected chi connectivity index (χ1v) is 7.55.